The van der Waals surface area contributed by atoms with Crippen LogP contribution in [0.25, 0.3) is 22.0 Å². The van der Waals surface area contributed by atoms with E-state index in [2.05, 4.69) is 58.1 Å². The van der Waals surface area contributed by atoms with E-state index in [4.69, 9.17) is 9.84 Å². The van der Waals surface area contributed by atoms with E-state index in [0.717, 1.165) is 67.4 Å². The van der Waals surface area contributed by atoms with Gasteiger partial charge in [0.05, 0.1) is 17.9 Å². The molecule has 0 aliphatic carbocycles. The molecule has 1 unspecified atom stereocenters. The third kappa shape index (κ3) is 5.18. The van der Waals surface area contributed by atoms with Crippen LogP contribution >= 0.6 is 0 Å². The Morgan fingerprint density at radius 2 is 1.95 bits per heavy atom. The average molecular weight is 498 g/mol. The molecule has 0 N–H and O–H groups in total. The first-order valence-electron chi connectivity index (χ1n) is 13.6. The second kappa shape index (κ2) is 10.5. The van der Waals surface area contributed by atoms with Crippen molar-refractivity contribution in [3.8, 4) is 11.1 Å². The van der Waals surface area contributed by atoms with E-state index in [-0.39, 0.29) is 18.2 Å². The molecule has 4 aromatic rings. The van der Waals surface area contributed by atoms with E-state index < -0.39 is 0 Å². The number of carbonyl (C=O) groups excluding carboxylic acids is 1. The molecule has 0 saturated carbocycles. The highest BCUT2D eigenvalue weighted by Crippen LogP contribution is 2.30. The fourth-order valence-electron chi connectivity index (χ4n) is 5.90. The van der Waals surface area contributed by atoms with E-state index in [9.17, 15) is 4.79 Å². The molecule has 7 heteroatoms. The van der Waals surface area contributed by atoms with Gasteiger partial charge in [0.2, 0.25) is 5.91 Å². The Balaban J connectivity index is 1.10. The highest BCUT2D eigenvalue weighted by atomic mass is 16.5. The number of nitrogens with zero attached hydrogens (tertiary/aromatic N) is 5. The first-order chi connectivity index (χ1) is 18.1. The summed E-state index contributed by atoms with van der Waals surface area (Å²) < 4.78 is 9.94. The van der Waals surface area contributed by atoms with Crippen LogP contribution in [-0.4, -0.2) is 49.6 Å². The monoisotopic (exact) mass is 497 g/mol. The fourth-order valence-corrected chi connectivity index (χ4v) is 5.90. The molecule has 0 spiro atoms. The van der Waals surface area contributed by atoms with E-state index in [1.807, 2.05) is 35.3 Å². The van der Waals surface area contributed by atoms with Crippen molar-refractivity contribution in [3.05, 3.63) is 72.7 Å². The predicted molar refractivity (Wildman–Crippen MR) is 144 cm³/mol. The number of fused-ring (bicyclic) bond motifs is 1. The van der Waals surface area contributed by atoms with Gasteiger partial charge in [0, 0.05) is 49.3 Å². The van der Waals surface area contributed by atoms with E-state index in [1.165, 1.54) is 12.0 Å². The van der Waals surface area contributed by atoms with Gasteiger partial charge >= 0.3 is 0 Å². The second-order valence-corrected chi connectivity index (χ2v) is 10.6. The maximum Gasteiger partial charge on any atom is 0.223 e. The van der Waals surface area contributed by atoms with Crippen molar-refractivity contribution in [2.24, 2.45) is 5.92 Å². The molecule has 7 nitrogen and oxygen atoms in total. The summed E-state index contributed by atoms with van der Waals surface area (Å²) in [6.07, 6.45) is 11.7. The summed E-state index contributed by atoms with van der Waals surface area (Å²) in [5, 5.41) is 10.4. The standard InChI is InChI=1S/C30H35N5O2/c1-22-15-24(19-33(22)29(36)13-10-23-7-3-2-4-8-23)20-34-28-12-11-25(16-26(28)17-31-34)27-18-32-35(21-27)30-9-5-6-14-37-30/h2-4,7-8,11-12,16-18,21-22,24,30H,5-6,9-10,13-15,19-20H2,1H3/t22-,24-,30?/m0/s1. The van der Waals surface area contributed by atoms with Gasteiger partial charge in [-0.2, -0.15) is 10.2 Å². The number of benzene rings is 2. The number of hydrogen-bond acceptors (Lipinski definition) is 4. The van der Waals surface area contributed by atoms with Crippen molar-refractivity contribution in [1.29, 1.82) is 0 Å². The summed E-state index contributed by atoms with van der Waals surface area (Å²) in [5.41, 5.74) is 4.58. The molecule has 4 heterocycles. The number of likely N-dealkylation sites (tertiary alicyclic amines) is 1. The van der Waals surface area contributed by atoms with Crippen molar-refractivity contribution in [1.82, 2.24) is 24.5 Å². The van der Waals surface area contributed by atoms with Gasteiger partial charge in [0.1, 0.15) is 6.23 Å². The zero-order chi connectivity index (χ0) is 25.2. The number of carbonyl (C=O) groups is 1. The Morgan fingerprint density at radius 3 is 2.78 bits per heavy atom. The largest absolute Gasteiger partial charge is 0.357 e. The molecule has 6 rings (SSSR count). The van der Waals surface area contributed by atoms with Crippen LogP contribution in [0.2, 0.25) is 0 Å². The Labute approximate surface area is 218 Å². The smallest absolute Gasteiger partial charge is 0.223 e. The lowest BCUT2D eigenvalue weighted by Crippen LogP contribution is -2.34. The first kappa shape index (κ1) is 23.9. The molecular weight excluding hydrogens is 462 g/mol. The highest BCUT2D eigenvalue weighted by Gasteiger charge is 2.32. The molecule has 0 bridgehead atoms. The molecule has 2 aliphatic rings. The third-order valence-electron chi connectivity index (χ3n) is 7.91. The number of aryl methyl sites for hydroxylation is 1. The Bertz CT molecular complexity index is 1350. The lowest BCUT2D eigenvalue weighted by molar-refractivity contribution is -0.131. The van der Waals surface area contributed by atoms with Crippen LogP contribution in [-0.2, 0) is 22.5 Å². The van der Waals surface area contributed by atoms with Gasteiger partial charge in [-0.15, -0.1) is 0 Å². The van der Waals surface area contributed by atoms with Crippen LogP contribution < -0.4 is 0 Å². The van der Waals surface area contributed by atoms with Gasteiger partial charge in [-0.3, -0.25) is 9.48 Å². The molecule has 192 valence electrons. The minimum atomic E-state index is 0.0487. The SMILES string of the molecule is C[C@H]1C[C@H](Cn2ncc3cc(-c4cnn(C5CCCCO5)c4)ccc32)CN1C(=O)CCc1ccccc1. The Kier molecular flexibility index (Phi) is 6.79. The maximum atomic E-state index is 13.0. The molecular formula is C30H35N5O2. The molecule has 37 heavy (non-hydrogen) atoms. The van der Waals surface area contributed by atoms with Gasteiger partial charge < -0.3 is 9.64 Å². The van der Waals surface area contributed by atoms with Crippen molar-refractivity contribution in [3.63, 3.8) is 0 Å². The Morgan fingerprint density at radius 1 is 1.05 bits per heavy atom. The summed E-state index contributed by atoms with van der Waals surface area (Å²) in [7, 11) is 0. The highest BCUT2D eigenvalue weighted by molar-refractivity contribution is 5.84. The molecule has 2 aliphatic heterocycles. The van der Waals surface area contributed by atoms with E-state index in [1.54, 1.807) is 0 Å². The minimum Gasteiger partial charge on any atom is -0.357 e. The fraction of sp³-hybridized carbons (Fsp3) is 0.433. The van der Waals surface area contributed by atoms with Crippen molar-refractivity contribution >= 4 is 16.8 Å². The lowest BCUT2D eigenvalue weighted by Gasteiger charge is -2.22. The maximum absolute atomic E-state index is 13.0. The van der Waals surface area contributed by atoms with Gasteiger partial charge in [0.25, 0.3) is 0 Å². The zero-order valence-electron chi connectivity index (χ0n) is 21.5. The summed E-state index contributed by atoms with van der Waals surface area (Å²) in [6, 6.07) is 17.0. The number of rotatable bonds is 7. The van der Waals surface area contributed by atoms with Crippen molar-refractivity contribution in [2.75, 3.05) is 13.2 Å². The van der Waals surface area contributed by atoms with Crippen LogP contribution in [0.4, 0.5) is 0 Å². The second-order valence-electron chi connectivity index (χ2n) is 10.6. The number of hydrogen-bond donors (Lipinski definition) is 0. The van der Waals surface area contributed by atoms with Crippen LogP contribution in [0.3, 0.4) is 0 Å². The van der Waals surface area contributed by atoms with Gasteiger partial charge in [-0.1, -0.05) is 36.4 Å². The minimum absolute atomic E-state index is 0.0487. The summed E-state index contributed by atoms with van der Waals surface area (Å²) in [4.78, 5) is 15.0. The quantitative estimate of drug-likeness (QED) is 0.340. The van der Waals surface area contributed by atoms with E-state index >= 15 is 0 Å². The average Bonchev–Trinajstić information content (AvgIpc) is 3.67. The van der Waals surface area contributed by atoms with Gasteiger partial charge in [-0.05, 0) is 68.2 Å². The third-order valence-corrected chi connectivity index (χ3v) is 7.91. The molecule has 2 aromatic heterocycles. The van der Waals surface area contributed by atoms with Crippen LogP contribution in [0.15, 0.2) is 67.1 Å². The zero-order valence-corrected chi connectivity index (χ0v) is 21.5. The molecule has 0 radical (unpaired) electrons. The number of ether oxygens (including phenoxy) is 1. The predicted octanol–water partition coefficient (Wildman–Crippen LogP) is 5.47. The van der Waals surface area contributed by atoms with Crippen LogP contribution in [0.1, 0.15) is 50.8 Å². The summed E-state index contributed by atoms with van der Waals surface area (Å²) in [5.74, 6) is 0.667. The van der Waals surface area contributed by atoms with Crippen LogP contribution in [0, 0.1) is 5.92 Å². The molecule has 2 saturated heterocycles. The normalized spacial score (nSPS) is 22.1. The van der Waals surface area contributed by atoms with Crippen molar-refractivity contribution in [2.45, 2.75) is 64.3 Å². The van der Waals surface area contributed by atoms with Crippen molar-refractivity contribution < 1.29 is 9.53 Å². The van der Waals surface area contributed by atoms with Gasteiger partial charge in [0.15, 0.2) is 0 Å². The molecule has 2 fully saturated rings. The summed E-state index contributed by atoms with van der Waals surface area (Å²) >= 11 is 0. The summed E-state index contributed by atoms with van der Waals surface area (Å²) in [6.45, 7) is 4.61. The number of aromatic nitrogens is 4. The van der Waals surface area contributed by atoms with E-state index in [0.29, 0.717) is 12.3 Å². The lowest BCUT2D eigenvalue weighted by atomic mass is 10.1. The molecule has 1 amide bonds. The first-order valence-corrected chi connectivity index (χ1v) is 13.6. The molecule has 2 aromatic carbocycles. The Hall–Kier alpha value is -3.45. The van der Waals surface area contributed by atoms with Crippen LogP contribution in [0.5, 0.6) is 0 Å². The number of amides is 1. The molecule has 3 atom stereocenters. The topological polar surface area (TPSA) is 65.2 Å². The van der Waals surface area contributed by atoms with Gasteiger partial charge in [-0.25, -0.2) is 4.68 Å².